The maximum absolute atomic E-state index is 6.47. The van der Waals surface area contributed by atoms with Gasteiger partial charge in [-0.15, -0.1) is 0 Å². The molecule has 0 aliphatic rings. The molecule has 118 valence electrons. The number of nitrogens with one attached hydrogen (secondary N) is 2. The quantitative estimate of drug-likeness (QED) is 0.666. The Hall–Kier alpha value is -2.30. The first-order valence-electron chi connectivity index (χ1n) is 7.44. The van der Waals surface area contributed by atoms with E-state index in [1.165, 1.54) is 0 Å². The van der Waals surface area contributed by atoms with Crippen molar-refractivity contribution in [3.63, 3.8) is 0 Å². The summed E-state index contributed by atoms with van der Waals surface area (Å²) in [6.07, 6.45) is 1.68. The van der Waals surface area contributed by atoms with E-state index in [0.717, 1.165) is 39.1 Å². The van der Waals surface area contributed by atoms with E-state index in [9.17, 15) is 0 Å². The highest BCUT2D eigenvalue weighted by Crippen LogP contribution is 2.32. The summed E-state index contributed by atoms with van der Waals surface area (Å²) in [6.45, 7) is 6.81. The zero-order valence-electron chi connectivity index (χ0n) is 13.0. The monoisotopic (exact) mass is 326 g/mol. The summed E-state index contributed by atoms with van der Waals surface area (Å²) in [5.74, 6) is 0. The maximum Gasteiger partial charge on any atom is 0.0721 e. The normalized spacial score (nSPS) is 10.9. The number of nitrogens with two attached hydrogens (primary N) is 1. The summed E-state index contributed by atoms with van der Waals surface area (Å²) in [5, 5.41) is 4.85. The number of H-pyrrole nitrogens is 1. The summed E-state index contributed by atoms with van der Waals surface area (Å²) >= 11 is 6.47. The summed E-state index contributed by atoms with van der Waals surface area (Å²) < 4.78 is 0. The van der Waals surface area contributed by atoms with Gasteiger partial charge in [0.1, 0.15) is 0 Å². The number of pyridine rings is 1. The standard InChI is InChI=1S/C18H19ClN4/c1-3-21-10-14-6-13-7-16(19)15(8-18(13)23-14)17-5-4-12(9-20)11(2)22-17/h3-8,21,23H,1,9-10,20H2,2H3. The molecule has 3 aromatic rings. The smallest absolute Gasteiger partial charge is 0.0721 e. The second kappa shape index (κ2) is 6.44. The lowest BCUT2D eigenvalue weighted by Crippen LogP contribution is -2.03. The molecule has 0 bridgehead atoms. The number of aromatic nitrogens is 2. The lowest BCUT2D eigenvalue weighted by atomic mass is 10.1. The third-order valence-electron chi connectivity index (χ3n) is 3.89. The van der Waals surface area contributed by atoms with Crippen LogP contribution in [0.2, 0.25) is 5.02 Å². The number of benzene rings is 1. The molecule has 4 N–H and O–H groups in total. The minimum absolute atomic E-state index is 0.488. The lowest BCUT2D eigenvalue weighted by Gasteiger charge is -2.08. The van der Waals surface area contributed by atoms with Crippen molar-refractivity contribution < 1.29 is 0 Å². The Kier molecular flexibility index (Phi) is 4.37. The van der Waals surface area contributed by atoms with Crippen molar-refractivity contribution in [2.45, 2.75) is 20.0 Å². The average Bonchev–Trinajstić information content (AvgIpc) is 2.93. The fraction of sp³-hybridized carbons (Fsp3) is 0.167. The molecule has 2 heterocycles. The molecular weight excluding hydrogens is 308 g/mol. The van der Waals surface area contributed by atoms with Crippen LogP contribution < -0.4 is 11.1 Å². The average molecular weight is 327 g/mol. The van der Waals surface area contributed by atoms with Crippen molar-refractivity contribution in [2.75, 3.05) is 0 Å². The van der Waals surface area contributed by atoms with Gasteiger partial charge in [-0.25, -0.2) is 0 Å². The lowest BCUT2D eigenvalue weighted by molar-refractivity contribution is 0.849. The minimum atomic E-state index is 0.488. The van der Waals surface area contributed by atoms with Crippen LogP contribution in [0.15, 0.2) is 43.1 Å². The van der Waals surface area contributed by atoms with Crippen LogP contribution in [0.3, 0.4) is 0 Å². The number of aryl methyl sites for hydroxylation is 1. The van der Waals surface area contributed by atoms with Crippen molar-refractivity contribution in [2.24, 2.45) is 5.73 Å². The fourth-order valence-corrected chi connectivity index (χ4v) is 2.91. The van der Waals surface area contributed by atoms with Crippen LogP contribution in [0.25, 0.3) is 22.2 Å². The van der Waals surface area contributed by atoms with Crippen molar-refractivity contribution in [1.29, 1.82) is 0 Å². The first kappa shape index (κ1) is 15.6. The topological polar surface area (TPSA) is 66.7 Å². The summed E-state index contributed by atoms with van der Waals surface area (Å²) in [7, 11) is 0. The van der Waals surface area contributed by atoms with E-state index in [-0.39, 0.29) is 0 Å². The number of aromatic amines is 1. The number of halogens is 1. The first-order chi connectivity index (χ1) is 11.1. The van der Waals surface area contributed by atoms with Gasteiger partial charge >= 0.3 is 0 Å². The predicted molar refractivity (Wildman–Crippen MR) is 96.2 cm³/mol. The molecule has 1 aromatic carbocycles. The Bertz CT molecular complexity index is 867. The Morgan fingerprint density at radius 1 is 1.35 bits per heavy atom. The molecule has 3 rings (SSSR count). The molecular formula is C18H19ClN4. The highest BCUT2D eigenvalue weighted by molar-refractivity contribution is 6.34. The van der Waals surface area contributed by atoms with Crippen LogP contribution in [0.5, 0.6) is 0 Å². The van der Waals surface area contributed by atoms with Gasteiger partial charge in [0.2, 0.25) is 0 Å². The molecule has 0 amide bonds. The van der Waals surface area contributed by atoms with Gasteiger partial charge in [0.25, 0.3) is 0 Å². The summed E-state index contributed by atoms with van der Waals surface area (Å²) in [5.41, 5.74) is 11.6. The molecule has 0 saturated heterocycles. The van der Waals surface area contributed by atoms with E-state index in [1.54, 1.807) is 6.20 Å². The predicted octanol–water partition coefficient (Wildman–Crippen LogP) is 3.88. The molecule has 0 fully saturated rings. The fourth-order valence-electron chi connectivity index (χ4n) is 2.64. The molecule has 0 saturated carbocycles. The Morgan fingerprint density at radius 3 is 2.87 bits per heavy atom. The van der Waals surface area contributed by atoms with E-state index in [0.29, 0.717) is 18.1 Å². The van der Waals surface area contributed by atoms with Crippen LogP contribution in [0.1, 0.15) is 17.0 Å². The molecule has 0 aliphatic carbocycles. The number of hydrogen-bond acceptors (Lipinski definition) is 3. The zero-order valence-corrected chi connectivity index (χ0v) is 13.7. The van der Waals surface area contributed by atoms with Crippen LogP contribution in [0.4, 0.5) is 0 Å². The molecule has 0 spiro atoms. The van der Waals surface area contributed by atoms with Crippen LogP contribution >= 0.6 is 11.6 Å². The minimum Gasteiger partial charge on any atom is -0.386 e. The Balaban J connectivity index is 2.05. The van der Waals surface area contributed by atoms with E-state index >= 15 is 0 Å². The van der Waals surface area contributed by atoms with Gasteiger partial charge < -0.3 is 16.0 Å². The van der Waals surface area contributed by atoms with E-state index in [1.807, 2.05) is 31.2 Å². The first-order valence-corrected chi connectivity index (χ1v) is 7.82. The van der Waals surface area contributed by atoms with Crippen molar-refractivity contribution in [3.8, 4) is 11.3 Å². The van der Waals surface area contributed by atoms with Gasteiger partial charge in [0.05, 0.1) is 17.3 Å². The van der Waals surface area contributed by atoms with Crippen molar-refractivity contribution >= 4 is 22.5 Å². The van der Waals surface area contributed by atoms with Gasteiger partial charge in [0, 0.05) is 34.4 Å². The molecule has 2 aromatic heterocycles. The number of hydrogen-bond donors (Lipinski definition) is 3. The second-order valence-corrected chi connectivity index (χ2v) is 5.85. The summed E-state index contributed by atoms with van der Waals surface area (Å²) in [4.78, 5) is 8.02. The number of rotatable bonds is 5. The molecule has 5 heteroatoms. The van der Waals surface area contributed by atoms with Crippen molar-refractivity contribution in [3.05, 3.63) is 65.1 Å². The van der Waals surface area contributed by atoms with E-state index in [4.69, 9.17) is 17.3 Å². The largest absolute Gasteiger partial charge is 0.386 e. The third-order valence-corrected chi connectivity index (χ3v) is 4.20. The van der Waals surface area contributed by atoms with Crippen LogP contribution in [-0.2, 0) is 13.1 Å². The van der Waals surface area contributed by atoms with E-state index in [2.05, 4.69) is 27.9 Å². The molecule has 23 heavy (non-hydrogen) atoms. The SMILES string of the molecule is C=CNCc1cc2cc(Cl)c(-c3ccc(CN)c(C)n3)cc2[nH]1. The van der Waals surface area contributed by atoms with Crippen LogP contribution in [0, 0.1) is 6.92 Å². The number of fused-ring (bicyclic) bond motifs is 1. The molecule has 0 atom stereocenters. The van der Waals surface area contributed by atoms with Crippen LogP contribution in [-0.4, -0.2) is 9.97 Å². The van der Waals surface area contributed by atoms with Gasteiger partial charge in [-0.3, -0.25) is 4.98 Å². The molecule has 0 unspecified atom stereocenters. The van der Waals surface area contributed by atoms with Gasteiger partial charge in [-0.05, 0) is 43.0 Å². The van der Waals surface area contributed by atoms with Gasteiger partial charge in [-0.1, -0.05) is 24.2 Å². The molecule has 0 radical (unpaired) electrons. The molecule has 0 aliphatic heterocycles. The highest BCUT2D eigenvalue weighted by atomic mass is 35.5. The zero-order chi connectivity index (χ0) is 16.4. The Labute approximate surface area is 140 Å². The second-order valence-electron chi connectivity index (χ2n) is 5.44. The number of nitrogens with zero attached hydrogens (tertiary/aromatic N) is 1. The third kappa shape index (κ3) is 3.09. The van der Waals surface area contributed by atoms with Gasteiger partial charge in [-0.2, -0.15) is 0 Å². The Morgan fingerprint density at radius 2 is 2.17 bits per heavy atom. The van der Waals surface area contributed by atoms with Gasteiger partial charge in [0.15, 0.2) is 0 Å². The van der Waals surface area contributed by atoms with E-state index < -0.39 is 0 Å². The highest BCUT2D eigenvalue weighted by Gasteiger charge is 2.10. The maximum atomic E-state index is 6.47. The molecule has 4 nitrogen and oxygen atoms in total. The summed E-state index contributed by atoms with van der Waals surface area (Å²) in [6, 6.07) is 10.1. The van der Waals surface area contributed by atoms with Crippen molar-refractivity contribution in [1.82, 2.24) is 15.3 Å².